The van der Waals surface area contributed by atoms with E-state index in [1.807, 2.05) is 63.3 Å². The Balaban J connectivity index is 1.57. The summed E-state index contributed by atoms with van der Waals surface area (Å²) in [4.78, 5) is 58.2. The lowest BCUT2D eigenvalue weighted by atomic mass is 9.74. The Kier molecular flexibility index (Phi) is 8.07. The van der Waals surface area contributed by atoms with Gasteiger partial charge in [-0.25, -0.2) is 0 Å². The van der Waals surface area contributed by atoms with E-state index in [-0.39, 0.29) is 44.5 Å². The highest BCUT2D eigenvalue weighted by atomic mass is 16.5. The second-order valence-electron chi connectivity index (χ2n) is 12.1. The van der Waals surface area contributed by atoms with E-state index in [0.29, 0.717) is 12.8 Å². The predicted octanol–water partition coefficient (Wildman–Crippen LogP) is 1.90. The van der Waals surface area contributed by atoms with Gasteiger partial charge in [0.2, 0.25) is 17.7 Å². The SMILES string of the molecule is CC(C)(C)N1C/C=C\CCC(=O)OC[C@H](c2ccccc2)NC(=O)[C@@H]2[C@H]3C(=O)N(CCCO)[C@H](C1=O)[C@]31C=C[C@H]2O1. The minimum Gasteiger partial charge on any atom is -0.463 e. The highest BCUT2D eigenvalue weighted by Gasteiger charge is 2.73. The zero-order valence-electron chi connectivity index (χ0n) is 23.8. The number of aliphatic hydroxyl groups excluding tert-OH is 1. The Morgan fingerprint density at radius 3 is 2.54 bits per heavy atom. The number of hydrogen-bond donors (Lipinski definition) is 2. The number of hydrogen-bond acceptors (Lipinski definition) is 7. The maximum absolute atomic E-state index is 14.4. The van der Waals surface area contributed by atoms with Crippen LogP contribution in [-0.2, 0) is 28.7 Å². The summed E-state index contributed by atoms with van der Waals surface area (Å²) in [7, 11) is 0. The monoisotopic (exact) mass is 565 g/mol. The van der Waals surface area contributed by atoms with Crippen molar-refractivity contribution in [2.45, 2.75) is 69.4 Å². The zero-order chi connectivity index (χ0) is 29.4. The molecule has 0 saturated carbocycles. The van der Waals surface area contributed by atoms with Crippen molar-refractivity contribution < 1.29 is 33.8 Å². The number of allylic oxidation sites excluding steroid dienone is 1. The van der Waals surface area contributed by atoms with E-state index in [2.05, 4.69) is 5.32 Å². The number of amides is 3. The second kappa shape index (κ2) is 11.4. The van der Waals surface area contributed by atoms with E-state index in [9.17, 15) is 24.3 Å². The largest absolute Gasteiger partial charge is 0.463 e. The number of cyclic esters (lactones) is 1. The van der Waals surface area contributed by atoms with Crippen molar-refractivity contribution in [3.8, 4) is 0 Å². The summed E-state index contributed by atoms with van der Waals surface area (Å²) in [5.41, 5.74) is -1.13. The van der Waals surface area contributed by atoms with Gasteiger partial charge in [-0.1, -0.05) is 54.6 Å². The van der Waals surface area contributed by atoms with Gasteiger partial charge in [0.05, 0.1) is 24.0 Å². The van der Waals surface area contributed by atoms with Crippen LogP contribution >= 0.6 is 0 Å². The molecule has 4 aliphatic heterocycles. The van der Waals surface area contributed by atoms with Crippen molar-refractivity contribution in [2.24, 2.45) is 11.8 Å². The lowest BCUT2D eigenvalue weighted by molar-refractivity contribution is -0.150. The lowest BCUT2D eigenvalue weighted by Gasteiger charge is -2.41. The fourth-order valence-electron chi connectivity index (χ4n) is 6.49. The molecule has 5 rings (SSSR count). The van der Waals surface area contributed by atoms with Crippen LogP contribution in [0.25, 0.3) is 0 Å². The summed E-state index contributed by atoms with van der Waals surface area (Å²) in [6.45, 7) is 5.99. The average molecular weight is 566 g/mol. The molecular weight excluding hydrogens is 526 g/mol. The number of ether oxygens (including phenoxy) is 2. The van der Waals surface area contributed by atoms with E-state index in [4.69, 9.17) is 9.47 Å². The summed E-state index contributed by atoms with van der Waals surface area (Å²) >= 11 is 0. The number of aliphatic hydroxyl groups is 1. The van der Waals surface area contributed by atoms with Gasteiger partial charge in [-0.2, -0.15) is 0 Å². The van der Waals surface area contributed by atoms with Crippen molar-refractivity contribution in [3.05, 3.63) is 60.2 Å². The first kappa shape index (κ1) is 29.0. The molecule has 4 aliphatic rings. The standard InChI is InChI=1S/C31H39N3O7/c1-30(2,3)34-17-9-5-8-13-23(36)40-19-21(20-11-6-4-7-12-20)32-27(37)24-22-14-15-31(41-22)25(24)28(38)33(16-10-18-35)26(31)29(34)39/h4-7,9,11-12,14-15,21-22,24-26,35H,8,10,13,16-19H2,1-3H3,(H,32,37)/b9-5-/t21-,22-,24+,25+,26-,31+/m1/s1. The number of benzene rings is 1. The van der Waals surface area contributed by atoms with Crippen molar-refractivity contribution >= 4 is 23.7 Å². The Morgan fingerprint density at radius 2 is 1.83 bits per heavy atom. The average Bonchev–Trinajstić information content (AvgIpc) is 3.58. The Bertz CT molecular complexity index is 1240. The minimum absolute atomic E-state index is 0.0579. The smallest absolute Gasteiger partial charge is 0.306 e. The molecule has 10 heteroatoms. The minimum atomic E-state index is -1.30. The molecule has 0 aliphatic carbocycles. The van der Waals surface area contributed by atoms with Crippen LogP contribution in [0.4, 0.5) is 0 Å². The molecule has 41 heavy (non-hydrogen) atoms. The van der Waals surface area contributed by atoms with Crippen LogP contribution in [0.5, 0.6) is 0 Å². The molecule has 6 atom stereocenters. The van der Waals surface area contributed by atoms with E-state index >= 15 is 0 Å². The third-order valence-corrected chi connectivity index (χ3v) is 8.44. The van der Waals surface area contributed by atoms with Gasteiger partial charge in [0.25, 0.3) is 0 Å². The number of likely N-dealkylation sites (tertiary alicyclic amines) is 1. The van der Waals surface area contributed by atoms with Gasteiger partial charge < -0.3 is 29.7 Å². The summed E-state index contributed by atoms with van der Waals surface area (Å²) in [6, 6.07) is 7.61. The van der Waals surface area contributed by atoms with Crippen LogP contribution in [0.3, 0.4) is 0 Å². The van der Waals surface area contributed by atoms with Crippen molar-refractivity contribution in [1.29, 1.82) is 0 Å². The molecule has 2 N–H and O–H groups in total. The topological polar surface area (TPSA) is 125 Å². The Hall–Kier alpha value is -3.50. The maximum atomic E-state index is 14.4. The van der Waals surface area contributed by atoms with Gasteiger partial charge in [0, 0.05) is 31.7 Å². The number of carbonyl (C=O) groups is 4. The molecule has 0 radical (unpaired) electrons. The first-order valence-electron chi connectivity index (χ1n) is 14.3. The molecule has 0 unspecified atom stereocenters. The first-order chi connectivity index (χ1) is 19.6. The van der Waals surface area contributed by atoms with Crippen LogP contribution < -0.4 is 5.32 Å². The van der Waals surface area contributed by atoms with Crippen molar-refractivity contribution in [1.82, 2.24) is 15.1 Å². The fraction of sp³-hybridized carbons (Fsp3) is 0.548. The molecule has 220 valence electrons. The number of fused-ring (bicyclic) bond motifs is 2. The van der Waals surface area contributed by atoms with Crippen LogP contribution in [0.2, 0.25) is 0 Å². The van der Waals surface area contributed by atoms with E-state index in [1.54, 1.807) is 17.1 Å². The molecule has 1 spiro atoms. The molecular formula is C31H39N3O7. The highest BCUT2D eigenvalue weighted by Crippen LogP contribution is 2.55. The molecule has 4 heterocycles. The normalized spacial score (nSPS) is 33.1. The number of nitrogens with zero attached hydrogens (tertiary/aromatic N) is 2. The van der Waals surface area contributed by atoms with Gasteiger partial charge in [-0.05, 0) is 39.2 Å². The third-order valence-electron chi connectivity index (χ3n) is 8.44. The van der Waals surface area contributed by atoms with E-state index in [1.165, 1.54) is 4.90 Å². The Morgan fingerprint density at radius 1 is 1.07 bits per heavy atom. The second-order valence-corrected chi connectivity index (χ2v) is 12.1. The molecule has 2 fully saturated rings. The number of nitrogens with one attached hydrogen (secondary N) is 1. The van der Waals surface area contributed by atoms with E-state index in [0.717, 1.165) is 5.56 Å². The van der Waals surface area contributed by atoms with Gasteiger partial charge in [-0.3, -0.25) is 19.2 Å². The number of carbonyl (C=O) groups excluding carboxylic acids is 4. The summed E-state index contributed by atoms with van der Waals surface area (Å²) < 4.78 is 12.0. The molecule has 5 bridgehead atoms. The maximum Gasteiger partial charge on any atom is 0.306 e. The molecule has 1 aromatic rings. The zero-order valence-corrected chi connectivity index (χ0v) is 23.8. The van der Waals surface area contributed by atoms with Crippen LogP contribution in [0, 0.1) is 11.8 Å². The molecule has 2 saturated heterocycles. The van der Waals surface area contributed by atoms with Gasteiger partial charge in [0.1, 0.15) is 18.2 Å². The van der Waals surface area contributed by atoms with Crippen LogP contribution in [-0.4, -0.2) is 88.2 Å². The van der Waals surface area contributed by atoms with Crippen LogP contribution in [0.1, 0.15) is 51.6 Å². The molecule has 10 nitrogen and oxygen atoms in total. The van der Waals surface area contributed by atoms with Crippen LogP contribution in [0.15, 0.2) is 54.6 Å². The van der Waals surface area contributed by atoms with Gasteiger partial charge in [-0.15, -0.1) is 0 Å². The van der Waals surface area contributed by atoms with E-state index < -0.39 is 53.0 Å². The molecule has 0 aromatic heterocycles. The van der Waals surface area contributed by atoms with Crippen molar-refractivity contribution in [2.75, 3.05) is 26.3 Å². The predicted molar refractivity (Wildman–Crippen MR) is 149 cm³/mol. The fourth-order valence-corrected chi connectivity index (χ4v) is 6.49. The lowest BCUT2D eigenvalue weighted by Crippen LogP contribution is -2.59. The highest BCUT2D eigenvalue weighted by molar-refractivity contribution is 6.00. The molecule has 1 aromatic carbocycles. The van der Waals surface area contributed by atoms with Gasteiger partial charge in [0.15, 0.2) is 0 Å². The summed E-state index contributed by atoms with van der Waals surface area (Å²) in [5.74, 6) is -3.19. The third kappa shape index (κ3) is 5.30. The summed E-state index contributed by atoms with van der Waals surface area (Å²) in [5, 5.41) is 12.6. The summed E-state index contributed by atoms with van der Waals surface area (Å²) in [6.07, 6.45) is 7.46. The van der Waals surface area contributed by atoms with Crippen molar-refractivity contribution in [3.63, 3.8) is 0 Å². The number of rotatable bonds is 4. The Labute approximate surface area is 240 Å². The quantitative estimate of drug-likeness (QED) is 0.422. The van der Waals surface area contributed by atoms with Gasteiger partial charge >= 0.3 is 5.97 Å². The first-order valence-corrected chi connectivity index (χ1v) is 14.3. The number of esters is 1. The molecule has 3 amide bonds.